The van der Waals surface area contributed by atoms with Crippen molar-refractivity contribution in [2.75, 3.05) is 6.61 Å². The highest BCUT2D eigenvalue weighted by Gasteiger charge is 2.11. The molecule has 0 saturated carbocycles. The molecular weight excluding hydrogens is 317 g/mol. The van der Waals surface area contributed by atoms with E-state index in [4.69, 9.17) is 4.74 Å². The molecule has 6 heteroatoms. The van der Waals surface area contributed by atoms with Crippen LogP contribution in [0.1, 0.15) is 6.92 Å². The maximum absolute atomic E-state index is 13.2. The SMILES string of the molecule is CCOC(=O)Cn1ccc2cc(F)cc(Br)c2c1=O. The van der Waals surface area contributed by atoms with Crippen LogP contribution in [-0.4, -0.2) is 17.1 Å². The Balaban J connectivity index is 2.52. The predicted octanol–water partition coefficient (Wildman–Crippen LogP) is 2.47. The highest BCUT2D eigenvalue weighted by Crippen LogP contribution is 2.22. The minimum atomic E-state index is -0.484. The van der Waals surface area contributed by atoms with E-state index in [-0.39, 0.29) is 18.7 Å². The van der Waals surface area contributed by atoms with Gasteiger partial charge in [0, 0.05) is 10.7 Å². The molecule has 0 unspecified atom stereocenters. The minimum absolute atomic E-state index is 0.160. The molecule has 0 saturated heterocycles. The van der Waals surface area contributed by atoms with Gasteiger partial charge >= 0.3 is 5.97 Å². The second-order valence-electron chi connectivity index (χ2n) is 3.91. The molecule has 2 rings (SSSR count). The van der Waals surface area contributed by atoms with Crippen molar-refractivity contribution in [3.05, 3.63) is 45.0 Å². The number of esters is 1. The number of hydrogen-bond acceptors (Lipinski definition) is 3. The molecule has 1 heterocycles. The number of nitrogens with zero attached hydrogens (tertiary/aromatic N) is 1. The van der Waals surface area contributed by atoms with Crippen LogP contribution in [0.3, 0.4) is 0 Å². The Morgan fingerprint density at radius 1 is 1.47 bits per heavy atom. The van der Waals surface area contributed by atoms with Crippen molar-refractivity contribution in [1.82, 2.24) is 4.57 Å². The van der Waals surface area contributed by atoms with Gasteiger partial charge in [-0.05, 0) is 46.4 Å². The van der Waals surface area contributed by atoms with Crippen LogP contribution in [0, 0.1) is 5.82 Å². The zero-order valence-electron chi connectivity index (χ0n) is 10.2. The summed E-state index contributed by atoms with van der Waals surface area (Å²) in [5.41, 5.74) is -0.363. The van der Waals surface area contributed by atoms with Crippen LogP contribution in [0.25, 0.3) is 10.8 Å². The van der Waals surface area contributed by atoms with Gasteiger partial charge in [0.2, 0.25) is 0 Å². The van der Waals surface area contributed by atoms with E-state index in [1.165, 1.54) is 22.9 Å². The normalized spacial score (nSPS) is 10.7. The zero-order valence-corrected chi connectivity index (χ0v) is 11.7. The van der Waals surface area contributed by atoms with Crippen LogP contribution < -0.4 is 5.56 Å². The van der Waals surface area contributed by atoms with Gasteiger partial charge in [-0.1, -0.05) is 0 Å². The highest BCUT2D eigenvalue weighted by molar-refractivity contribution is 9.10. The van der Waals surface area contributed by atoms with E-state index in [1.807, 2.05) is 0 Å². The van der Waals surface area contributed by atoms with Gasteiger partial charge in [0.05, 0.1) is 12.0 Å². The van der Waals surface area contributed by atoms with Crippen molar-refractivity contribution in [1.29, 1.82) is 0 Å². The largest absolute Gasteiger partial charge is 0.465 e. The molecule has 1 aromatic carbocycles. The number of aromatic nitrogens is 1. The first kappa shape index (κ1) is 13.7. The summed E-state index contributed by atoms with van der Waals surface area (Å²) in [7, 11) is 0. The highest BCUT2D eigenvalue weighted by atomic mass is 79.9. The number of halogens is 2. The van der Waals surface area contributed by atoms with Crippen molar-refractivity contribution in [3.63, 3.8) is 0 Å². The molecule has 4 nitrogen and oxygen atoms in total. The van der Waals surface area contributed by atoms with Gasteiger partial charge in [0.15, 0.2) is 0 Å². The second kappa shape index (κ2) is 5.52. The van der Waals surface area contributed by atoms with Gasteiger partial charge in [-0.2, -0.15) is 0 Å². The van der Waals surface area contributed by atoms with E-state index >= 15 is 0 Å². The fourth-order valence-corrected chi connectivity index (χ4v) is 2.42. The van der Waals surface area contributed by atoms with Crippen molar-refractivity contribution in [2.24, 2.45) is 0 Å². The molecule has 0 bridgehead atoms. The number of fused-ring (bicyclic) bond motifs is 1. The smallest absolute Gasteiger partial charge is 0.326 e. The summed E-state index contributed by atoms with van der Waals surface area (Å²) in [6.07, 6.45) is 1.45. The average Bonchev–Trinajstić information content (AvgIpc) is 2.32. The summed E-state index contributed by atoms with van der Waals surface area (Å²) < 4.78 is 19.6. The van der Waals surface area contributed by atoms with Crippen molar-refractivity contribution in [3.8, 4) is 0 Å². The van der Waals surface area contributed by atoms with Gasteiger partial charge < -0.3 is 9.30 Å². The summed E-state index contributed by atoms with van der Waals surface area (Å²) in [6, 6.07) is 4.08. The van der Waals surface area contributed by atoms with Gasteiger partial charge in [-0.15, -0.1) is 0 Å². The summed E-state index contributed by atoms with van der Waals surface area (Å²) in [5, 5.41) is 0.824. The number of ether oxygens (including phenoxy) is 1. The molecule has 0 spiro atoms. The van der Waals surface area contributed by atoms with E-state index < -0.39 is 11.8 Å². The van der Waals surface area contributed by atoms with Crippen LogP contribution in [0.5, 0.6) is 0 Å². The summed E-state index contributed by atoms with van der Waals surface area (Å²) in [6.45, 7) is 1.79. The van der Waals surface area contributed by atoms with Gasteiger partial charge in [0.25, 0.3) is 5.56 Å². The first-order valence-electron chi connectivity index (χ1n) is 5.66. The van der Waals surface area contributed by atoms with E-state index in [0.29, 0.717) is 15.2 Å². The van der Waals surface area contributed by atoms with E-state index in [2.05, 4.69) is 15.9 Å². The number of benzene rings is 1. The third kappa shape index (κ3) is 2.84. The molecule has 0 aliphatic heterocycles. The zero-order chi connectivity index (χ0) is 14.0. The lowest BCUT2D eigenvalue weighted by atomic mass is 10.1. The lowest BCUT2D eigenvalue weighted by Crippen LogP contribution is -2.25. The first-order chi connectivity index (χ1) is 9.02. The monoisotopic (exact) mass is 327 g/mol. The Morgan fingerprint density at radius 2 is 2.21 bits per heavy atom. The first-order valence-corrected chi connectivity index (χ1v) is 6.46. The van der Waals surface area contributed by atoms with Crippen LogP contribution in [0.2, 0.25) is 0 Å². The van der Waals surface area contributed by atoms with E-state index in [9.17, 15) is 14.0 Å². The molecule has 0 aliphatic carbocycles. The molecule has 19 heavy (non-hydrogen) atoms. The van der Waals surface area contributed by atoms with Gasteiger partial charge in [0.1, 0.15) is 12.4 Å². The summed E-state index contributed by atoms with van der Waals surface area (Å²) in [5.74, 6) is -0.913. The Hall–Kier alpha value is -1.69. The fraction of sp³-hybridized carbons (Fsp3) is 0.231. The Morgan fingerprint density at radius 3 is 2.89 bits per heavy atom. The molecular formula is C13H11BrFNO3. The molecule has 0 amide bonds. The van der Waals surface area contributed by atoms with Crippen molar-refractivity contribution in [2.45, 2.75) is 13.5 Å². The number of rotatable bonds is 3. The van der Waals surface area contributed by atoms with Crippen LogP contribution in [-0.2, 0) is 16.1 Å². The molecule has 100 valence electrons. The predicted molar refractivity (Wildman–Crippen MR) is 72.5 cm³/mol. The molecule has 2 aromatic rings. The summed E-state index contributed by atoms with van der Waals surface area (Å²) >= 11 is 3.16. The Bertz CT molecular complexity index is 696. The number of carbonyl (C=O) groups is 1. The molecule has 0 atom stereocenters. The van der Waals surface area contributed by atoms with Crippen LogP contribution >= 0.6 is 15.9 Å². The molecule has 0 radical (unpaired) electrons. The molecule has 0 aliphatic rings. The van der Waals surface area contributed by atoms with E-state index in [1.54, 1.807) is 13.0 Å². The summed E-state index contributed by atoms with van der Waals surface area (Å²) in [4.78, 5) is 23.6. The van der Waals surface area contributed by atoms with Crippen LogP contribution in [0.15, 0.2) is 33.7 Å². The standard InChI is InChI=1S/C13H11BrFNO3/c1-2-19-11(17)7-16-4-3-8-5-9(15)6-10(14)12(8)13(16)18/h3-6H,2,7H2,1H3. The Kier molecular flexibility index (Phi) is 3.99. The lowest BCUT2D eigenvalue weighted by Gasteiger charge is -2.08. The maximum atomic E-state index is 13.2. The Labute approximate surface area is 116 Å². The average molecular weight is 328 g/mol. The van der Waals surface area contributed by atoms with Crippen LogP contribution in [0.4, 0.5) is 4.39 Å². The van der Waals surface area contributed by atoms with Gasteiger partial charge in [-0.3, -0.25) is 9.59 Å². The minimum Gasteiger partial charge on any atom is -0.465 e. The third-order valence-electron chi connectivity index (χ3n) is 2.60. The number of hydrogen-bond donors (Lipinski definition) is 0. The van der Waals surface area contributed by atoms with Crippen molar-refractivity contribution >= 4 is 32.7 Å². The maximum Gasteiger partial charge on any atom is 0.326 e. The molecule has 0 fully saturated rings. The fourth-order valence-electron chi connectivity index (χ4n) is 1.80. The second-order valence-corrected chi connectivity index (χ2v) is 4.76. The number of pyridine rings is 1. The molecule has 0 N–H and O–H groups in total. The topological polar surface area (TPSA) is 48.3 Å². The van der Waals surface area contributed by atoms with Crippen molar-refractivity contribution < 1.29 is 13.9 Å². The van der Waals surface area contributed by atoms with E-state index in [0.717, 1.165) is 0 Å². The molecule has 1 aromatic heterocycles. The quantitative estimate of drug-likeness (QED) is 0.814. The number of carbonyl (C=O) groups excluding carboxylic acids is 1. The third-order valence-corrected chi connectivity index (χ3v) is 3.22. The lowest BCUT2D eigenvalue weighted by molar-refractivity contribution is -0.143. The van der Waals surface area contributed by atoms with Gasteiger partial charge in [-0.25, -0.2) is 4.39 Å².